The zero-order valence-corrected chi connectivity index (χ0v) is 40.8. The first-order valence-corrected chi connectivity index (χ1v) is 25.3. The highest BCUT2D eigenvalue weighted by Crippen LogP contribution is 2.14. The number of likely N-dealkylation sites (N-methyl/N-ethyl adjacent to an activating group) is 1. The van der Waals surface area contributed by atoms with Crippen molar-refractivity contribution in [1.29, 1.82) is 0 Å². The number of ether oxygens (including phenoxy) is 3. The molecule has 0 aliphatic carbocycles. The van der Waals surface area contributed by atoms with Crippen LogP contribution in [0.25, 0.3) is 0 Å². The SMILES string of the molecule is CC/C=C/C/C=C/C/C=C/CCCCCCCCC(=O)OCC(COCCC(C(=O)[O-])[N+](C)(C)C)OC(=O)CCCCCCCCC/C=C/C/C=C/CCCCCCCCCC. The molecule has 2 atom stereocenters. The van der Waals surface area contributed by atoms with Gasteiger partial charge in [-0.25, -0.2) is 0 Å². The van der Waals surface area contributed by atoms with Crippen molar-refractivity contribution in [2.75, 3.05) is 41.0 Å². The molecule has 358 valence electrons. The summed E-state index contributed by atoms with van der Waals surface area (Å²) >= 11 is 0. The van der Waals surface area contributed by atoms with Gasteiger partial charge < -0.3 is 28.6 Å². The molecule has 0 saturated carbocycles. The summed E-state index contributed by atoms with van der Waals surface area (Å²) in [6.45, 7) is 4.54. The van der Waals surface area contributed by atoms with E-state index in [1.165, 1.54) is 96.3 Å². The molecule has 0 bridgehead atoms. The third-order valence-electron chi connectivity index (χ3n) is 11.1. The van der Waals surface area contributed by atoms with Gasteiger partial charge in [-0.2, -0.15) is 0 Å². The van der Waals surface area contributed by atoms with Gasteiger partial charge in [-0.15, -0.1) is 0 Å². The number of carbonyl (C=O) groups is 3. The summed E-state index contributed by atoms with van der Waals surface area (Å²) in [6, 6.07) is -0.732. The molecule has 0 aromatic heterocycles. The van der Waals surface area contributed by atoms with E-state index in [0.717, 1.165) is 83.5 Å². The van der Waals surface area contributed by atoms with Crippen LogP contribution >= 0.6 is 0 Å². The van der Waals surface area contributed by atoms with E-state index in [1.807, 2.05) is 0 Å². The van der Waals surface area contributed by atoms with Crippen LogP contribution < -0.4 is 5.11 Å². The van der Waals surface area contributed by atoms with E-state index in [4.69, 9.17) is 14.2 Å². The summed E-state index contributed by atoms with van der Waals surface area (Å²) in [5, 5.41) is 11.7. The van der Waals surface area contributed by atoms with Crippen LogP contribution in [-0.2, 0) is 28.6 Å². The van der Waals surface area contributed by atoms with Gasteiger partial charge in [-0.05, 0) is 77.0 Å². The van der Waals surface area contributed by atoms with Crippen molar-refractivity contribution < 1.29 is 38.2 Å². The summed E-state index contributed by atoms with van der Waals surface area (Å²) in [5.74, 6) is -1.76. The summed E-state index contributed by atoms with van der Waals surface area (Å²) in [6.07, 6.45) is 55.3. The van der Waals surface area contributed by atoms with E-state index < -0.39 is 18.1 Å². The molecule has 62 heavy (non-hydrogen) atoms. The zero-order valence-electron chi connectivity index (χ0n) is 40.8. The van der Waals surface area contributed by atoms with Gasteiger partial charge in [0.1, 0.15) is 12.6 Å². The van der Waals surface area contributed by atoms with Gasteiger partial charge in [0, 0.05) is 19.3 Å². The number of allylic oxidation sites excluding steroid dienone is 10. The summed E-state index contributed by atoms with van der Waals surface area (Å²) in [4.78, 5) is 37.0. The maximum Gasteiger partial charge on any atom is 0.306 e. The molecule has 0 fully saturated rings. The Kier molecular flexibility index (Phi) is 42.5. The number of quaternary nitrogens is 1. The molecule has 0 aliphatic heterocycles. The van der Waals surface area contributed by atoms with Crippen molar-refractivity contribution in [3.8, 4) is 0 Å². The molecule has 0 heterocycles. The van der Waals surface area contributed by atoms with E-state index in [-0.39, 0.29) is 42.7 Å². The average Bonchev–Trinajstić information content (AvgIpc) is 3.23. The number of carboxylic acid groups (broad SMARTS) is 1. The molecule has 8 nitrogen and oxygen atoms in total. The van der Waals surface area contributed by atoms with Crippen LogP contribution in [0, 0.1) is 0 Å². The highest BCUT2D eigenvalue weighted by atomic mass is 16.6. The van der Waals surface area contributed by atoms with Crippen LogP contribution in [-0.4, -0.2) is 75.5 Å². The number of hydrogen-bond donors (Lipinski definition) is 0. The Labute approximate surface area is 381 Å². The molecule has 0 aromatic rings. The Balaban J connectivity index is 4.28. The smallest absolute Gasteiger partial charge is 0.306 e. The fourth-order valence-corrected chi connectivity index (χ4v) is 7.23. The molecule has 0 spiro atoms. The molecule has 0 saturated heterocycles. The van der Waals surface area contributed by atoms with Crippen molar-refractivity contribution >= 4 is 17.9 Å². The van der Waals surface area contributed by atoms with E-state index >= 15 is 0 Å². The van der Waals surface area contributed by atoms with Gasteiger partial charge in [0.2, 0.25) is 0 Å². The Morgan fingerprint density at radius 1 is 0.500 bits per heavy atom. The summed E-state index contributed by atoms with van der Waals surface area (Å²) in [7, 11) is 5.40. The molecule has 2 unspecified atom stereocenters. The molecule has 0 aromatic carbocycles. The molecule has 8 heteroatoms. The maximum absolute atomic E-state index is 12.8. The fraction of sp³-hybridized carbons (Fsp3) is 0.759. The summed E-state index contributed by atoms with van der Waals surface area (Å²) in [5.41, 5.74) is 0. The second kappa shape index (κ2) is 44.6. The minimum absolute atomic E-state index is 0.0315. The number of carboxylic acids is 1. The number of nitrogens with zero attached hydrogens (tertiary/aromatic N) is 1. The summed E-state index contributed by atoms with van der Waals surface area (Å²) < 4.78 is 17.2. The molecule has 0 amide bonds. The highest BCUT2D eigenvalue weighted by molar-refractivity contribution is 5.70. The van der Waals surface area contributed by atoms with Gasteiger partial charge in [0.25, 0.3) is 0 Å². The predicted octanol–water partition coefficient (Wildman–Crippen LogP) is 13.2. The van der Waals surface area contributed by atoms with Crippen LogP contribution in [0.4, 0.5) is 0 Å². The van der Waals surface area contributed by atoms with Crippen molar-refractivity contribution in [3.05, 3.63) is 60.8 Å². The largest absolute Gasteiger partial charge is 0.544 e. The second-order valence-electron chi connectivity index (χ2n) is 18.0. The molecular weight excluding hydrogens is 775 g/mol. The van der Waals surface area contributed by atoms with E-state index in [2.05, 4.69) is 74.6 Å². The Hall–Kier alpha value is -2.97. The first-order valence-electron chi connectivity index (χ1n) is 25.3. The minimum Gasteiger partial charge on any atom is -0.544 e. The number of hydrogen-bond acceptors (Lipinski definition) is 7. The molecule has 0 N–H and O–H groups in total. The Morgan fingerprint density at radius 3 is 1.34 bits per heavy atom. The third-order valence-corrected chi connectivity index (χ3v) is 11.1. The normalized spacial score (nSPS) is 13.4. The van der Waals surface area contributed by atoms with E-state index in [1.54, 1.807) is 21.1 Å². The van der Waals surface area contributed by atoms with E-state index in [9.17, 15) is 19.5 Å². The van der Waals surface area contributed by atoms with Crippen molar-refractivity contribution in [2.24, 2.45) is 0 Å². The standard InChI is InChI=1S/C54H95NO7/c1-6-8-10-12-14-16-18-20-22-24-25-26-27-28-29-31-33-35-37-39-41-43-45-53(57)62-50(48-60-47-46-51(54(58)59)55(3,4)5)49-61-52(56)44-42-40-38-36-34-32-30-23-21-19-17-15-13-11-9-7-2/h9,11,15,17,21,23-25,27-28,50-51H,6-8,10,12-14,16,18-20,22,26,29-49H2,1-5H3/b11-9+,17-15+,23-21+,25-24+,28-27+. The first-order chi connectivity index (χ1) is 30.1. The number of carbonyl (C=O) groups excluding carboxylic acids is 3. The van der Waals surface area contributed by atoms with Crippen LogP contribution in [0.3, 0.4) is 0 Å². The minimum atomic E-state index is -1.13. The van der Waals surface area contributed by atoms with Crippen LogP contribution in [0.1, 0.15) is 213 Å². The number of aliphatic carboxylic acids is 1. The van der Waals surface area contributed by atoms with Gasteiger partial charge in [0.05, 0.1) is 40.3 Å². The lowest BCUT2D eigenvalue weighted by molar-refractivity contribution is -0.889. The number of esters is 2. The van der Waals surface area contributed by atoms with Crippen molar-refractivity contribution in [3.63, 3.8) is 0 Å². The number of unbranched alkanes of at least 4 members (excludes halogenated alkanes) is 21. The second-order valence-corrected chi connectivity index (χ2v) is 18.0. The Morgan fingerprint density at radius 2 is 0.903 bits per heavy atom. The van der Waals surface area contributed by atoms with Gasteiger partial charge in [-0.3, -0.25) is 9.59 Å². The lowest BCUT2D eigenvalue weighted by Crippen LogP contribution is -2.55. The van der Waals surface area contributed by atoms with Crippen LogP contribution in [0.5, 0.6) is 0 Å². The molecule has 0 aliphatic rings. The highest BCUT2D eigenvalue weighted by Gasteiger charge is 2.25. The quantitative estimate of drug-likeness (QED) is 0.0260. The van der Waals surface area contributed by atoms with Crippen LogP contribution in [0.15, 0.2) is 60.8 Å². The molecule has 0 rings (SSSR count). The monoisotopic (exact) mass is 870 g/mol. The first kappa shape index (κ1) is 59.0. The molecular formula is C54H95NO7. The fourth-order valence-electron chi connectivity index (χ4n) is 7.23. The third kappa shape index (κ3) is 42.3. The average molecular weight is 870 g/mol. The topological polar surface area (TPSA) is 102 Å². The van der Waals surface area contributed by atoms with Gasteiger partial charge in [-0.1, -0.05) is 177 Å². The lowest BCUT2D eigenvalue weighted by atomic mass is 10.1. The van der Waals surface area contributed by atoms with Crippen molar-refractivity contribution in [1.82, 2.24) is 0 Å². The van der Waals surface area contributed by atoms with Gasteiger partial charge in [0.15, 0.2) is 6.10 Å². The van der Waals surface area contributed by atoms with Gasteiger partial charge >= 0.3 is 11.9 Å². The van der Waals surface area contributed by atoms with Crippen LogP contribution in [0.2, 0.25) is 0 Å². The van der Waals surface area contributed by atoms with Crippen molar-refractivity contribution in [2.45, 2.75) is 225 Å². The number of rotatable bonds is 45. The van der Waals surface area contributed by atoms with E-state index in [0.29, 0.717) is 12.8 Å². The Bertz CT molecular complexity index is 1200. The molecule has 0 radical (unpaired) electrons. The lowest BCUT2D eigenvalue weighted by Gasteiger charge is -2.34. The predicted molar refractivity (Wildman–Crippen MR) is 259 cm³/mol. The zero-order chi connectivity index (χ0) is 45.6. The maximum atomic E-state index is 12.8.